The predicted octanol–water partition coefficient (Wildman–Crippen LogP) is 4.85. The first-order valence-corrected chi connectivity index (χ1v) is 15.2. The van der Waals surface area contributed by atoms with Gasteiger partial charge >= 0.3 is 0 Å². The number of rotatable bonds is 13. The van der Waals surface area contributed by atoms with E-state index in [1.807, 2.05) is 75.4 Å². The van der Waals surface area contributed by atoms with Crippen molar-refractivity contribution < 1.29 is 22.4 Å². The van der Waals surface area contributed by atoms with Crippen LogP contribution in [-0.4, -0.2) is 50.0 Å². The third kappa shape index (κ3) is 9.19. The minimum atomic E-state index is -3.66. The van der Waals surface area contributed by atoms with Crippen LogP contribution in [0, 0.1) is 12.7 Å². The number of sulfonamides is 1. The Labute approximate surface area is 237 Å². The lowest BCUT2D eigenvalue weighted by molar-refractivity contribution is -0.141. The predicted molar refractivity (Wildman–Crippen MR) is 157 cm³/mol. The number of anilines is 1. The molecule has 2 amide bonds. The van der Waals surface area contributed by atoms with Crippen LogP contribution >= 0.6 is 0 Å². The smallest absolute Gasteiger partial charge is 0.243 e. The Bertz CT molecular complexity index is 1380. The lowest BCUT2D eigenvalue weighted by Gasteiger charge is -2.32. The molecule has 7 nitrogen and oxygen atoms in total. The molecule has 3 aromatic rings. The summed E-state index contributed by atoms with van der Waals surface area (Å²) in [7, 11) is -3.66. The van der Waals surface area contributed by atoms with E-state index in [4.69, 9.17) is 0 Å². The Hall–Kier alpha value is -3.72. The minimum Gasteiger partial charge on any atom is -0.352 e. The third-order valence-corrected chi connectivity index (χ3v) is 7.60. The first kappa shape index (κ1) is 30.8. The highest BCUT2D eigenvalue weighted by Gasteiger charge is 2.31. The second-order valence-corrected chi connectivity index (χ2v) is 12.2. The van der Waals surface area contributed by atoms with Crippen LogP contribution in [0.15, 0.2) is 78.9 Å². The zero-order valence-electron chi connectivity index (χ0n) is 23.5. The second kappa shape index (κ2) is 14.1. The highest BCUT2D eigenvalue weighted by molar-refractivity contribution is 7.92. The number of nitrogens with zero attached hydrogens (tertiary/aromatic N) is 2. The van der Waals surface area contributed by atoms with Crippen LogP contribution in [-0.2, 0) is 32.6 Å². The molecule has 1 unspecified atom stereocenters. The largest absolute Gasteiger partial charge is 0.352 e. The van der Waals surface area contributed by atoms with Gasteiger partial charge in [-0.05, 0) is 62.6 Å². The molecule has 9 heteroatoms. The van der Waals surface area contributed by atoms with Crippen molar-refractivity contribution in [2.75, 3.05) is 17.1 Å². The second-order valence-electron chi connectivity index (χ2n) is 10.3. The van der Waals surface area contributed by atoms with Crippen LogP contribution in [0.4, 0.5) is 10.1 Å². The number of hydrogen-bond donors (Lipinski definition) is 1. The molecule has 1 atom stereocenters. The molecule has 0 bridgehead atoms. The number of carbonyl (C=O) groups is 2. The quantitative estimate of drug-likeness (QED) is 0.320. The molecular weight excluding hydrogens is 529 g/mol. The van der Waals surface area contributed by atoms with Crippen molar-refractivity contribution in [3.05, 3.63) is 101 Å². The highest BCUT2D eigenvalue weighted by atomic mass is 32.2. The molecule has 3 aromatic carbocycles. The molecule has 0 saturated heterocycles. The Balaban J connectivity index is 1.87. The van der Waals surface area contributed by atoms with E-state index in [1.54, 1.807) is 4.90 Å². The third-order valence-electron chi connectivity index (χ3n) is 6.40. The summed E-state index contributed by atoms with van der Waals surface area (Å²) >= 11 is 0. The Morgan fingerprint density at radius 1 is 0.925 bits per heavy atom. The molecule has 0 radical (unpaired) electrons. The molecule has 0 fully saturated rings. The first-order valence-electron chi connectivity index (χ1n) is 13.4. The van der Waals surface area contributed by atoms with E-state index >= 15 is 0 Å². The van der Waals surface area contributed by atoms with Crippen LogP contribution in [0.2, 0.25) is 0 Å². The zero-order chi connectivity index (χ0) is 29.3. The monoisotopic (exact) mass is 567 g/mol. The van der Waals surface area contributed by atoms with Crippen LogP contribution < -0.4 is 9.62 Å². The van der Waals surface area contributed by atoms with E-state index in [9.17, 15) is 22.4 Å². The molecule has 3 rings (SSSR count). The lowest BCUT2D eigenvalue weighted by atomic mass is 10.0. The normalized spacial score (nSPS) is 12.2. The SMILES string of the molecule is Cc1cccc(CN(C(=O)CCCN(c2ccc(F)cc2)S(C)(=O)=O)C(Cc2ccccc2)C(=O)NC(C)C)c1. The molecule has 1 N–H and O–H groups in total. The van der Waals surface area contributed by atoms with Gasteiger partial charge in [-0.2, -0.15) is 0 Å². The first-order chi connectivity index (χ1) is 18.9. The van der Waals surface area contributed by atoms with Crippen LogP contribution in [0.1, 0.15) is 43.4 Å². The molecule has 0 heterocycles. The Morgan fingerprint density at radius 3 is 2.17 bits per heavy atom. The van der Waals surface area contributed by atoms with Crippen molar-refractivity contribution in [3.63, 3.8) is 0 Å². The summed E-state index contributed by atoms with van der Waals surface area (Å²) in [5.74, 6) is -0.971. The summed E-state index contributed by atoms with van der Waals surface area (Å²) in [6.07, 6.45) is 1.66. The van der Waals surface area contributed by atoms with Gasteiger partial charge in [-0.15, -0.1) is 0 Å². The lowest BCUT2D eigenvalue weighted by Crippen LogP contribution is -2.51. The molecule has 214 valence electrons. The number of nitrogens with one attached hydrogen (secondary N) is 1. The van der Waals surface area contributed by atoms with E-state index < -0.39 is 21.9 Å². The van der Waals surface area contributed by atoms with Gasteiger partial charge in [0.05, 0.1) is 11.9 Å². The van der Waals surface area contributed by atoms with Gasteiger partial charge < -0.3 is 10.2 Å². The number of benzene rings is 3. The Kier molecular flexibility index (Phi) is 10.8. The maximum absolute atomic E-state index is 13.8. The standard InChI is InChI=1S/C31H38FN3O4S/c1-23(2)33-31(37)29(21-25-11-6-5-7-12-25)34(22-26-13-8-10-24(3)20-26)30(36)14-9-19-35(40(4,38)39)28-17-15-27(32)16-18-28/h5-8,10-13,15-18,20,23,29H,9,14,19,21-22H2,1-4H3,(H,33,37). The summed E-state index contributed by atoms with van der Waals surface area (Å²) in [6.45, 7) is 5.99. The fraction of sp³-hybridized carbons (Fsp3) is 0.355. The average molecular weight is 568 g/mol. The van der Waals surface area contributed by atoms with Crippen LogP contribution in [0.25, 0.3) is 0 Å². The maximum atomic E-state index is 13.8. The fourth-order valence-electron chi connectivity index (χ4n) is 4.55. The number of halogens is 1. The molecule has 40 heavy (non-hydrogen) atoms. The van der Waals surface area contributed by atoms with Crippen molar-refractivity contribution in [2.24, 2.45) is 0 Å². The molecule has 0 aliphatic heterocycles. The van der Waals surface area contributed by atoms with Crippen molar-refractivity contribution in [1.82, 2.24) is 10.2 Å². The van der Waals surface area contributed by atoms with Gasteiger partial charge in [-0.1, -0.05) is 60.2 Å². The maximum Gasteiger partial charge on any atom is 0.243 e. The van der Waals surface area contributed by atoms with Crippen molar-refractivity contribution in [2.45, 2.75) is 58.7 Å². The van der Waals surface area contributed by atoms with Crippen molar-refractivity contribution >= 4 is 27.5 Å². The van der Waals surface area contributed by atoms with E-state index in [2.05, 4.69) is 5.32 Å². The number of carbonyl (C=O) groups excluding carboxylic acids is 2. The van der Waals surface area contributed by atoms with Gasteiger partial charge in [0.15, 0.2) is 0 Å². The summed E-state index contributed by atoms with van der Waals surface area (Å²) in [4.78, 5) is 28.9. The highest BCUT2D eigenvalue weighted by Crippen LogP contribution is 2.21. The summed E-state index contributed by atoms with van der Waals surface area (Å²) in [5, 5.41) is 2.96. The van der Waals surface area contributed by atoms with Gasteiger partial charge in [0.2, 0.25) is 21.8 Å². The topological polar surface area (TPSA) is 86.8 Å². The summed E-state index contributed by atoms with van der Waals surface area (Å²) in [5.41, 5.74) is 3.19. The van der Waals surface area contributed by atoms with Gasteiger partial charge in [0.25, 0.3) is 0 Å². The van der Waals surface area contributed by atoms with E-state index in [1.165, 1.54) is 24.3 Å². The zero-order valence-corrected chi connectivity index (χ0v) is 24.3. The molecule has 0 spiro atoms. The summed E-state index contributed by atoms with van der Waals surface area (Å²) in [6, 6.07) is 21.7. The van der Waals surface area contributed by atoms with Crippen LogP contribution in [0.3, 0.4) is 0 Å². The van der Waals surface area contributed by atoms with E-state index in [-0.39, 0.29) is 43.8 Å². The molecule has 0 saturated carbocycles. The Morgan fingerprint density at radius 2 is 1.57 bits per heavy atom. The van der Waals surface area contributed by atoms with E-state index in [0.29, 0.717) is 12.1 Å². The number of hydrogen-bond acceptors (Lipinski definition) is 4. The number of aryl methyl sites for hydroxylation is 1. The van der Waals surface area contributed by atoms with Crippen LogP contribution in [0.5, 0.6) is 0 Å². The number of amides is 2. The van der Waals surface area contributed by atoms with E-state index in [0.717, 1.165) is 27.3 Å². The van der Waals surface area contributed by atoms with Gasteiger partial charge in [-0.25, -0.2) is 12.8 Å². The molecule has 0 aromatic heterocycles. The van der Waals surface area contributed by atoms with Gasteiger partial charge in [-0.3, -0.25) is 13.9 Å². The van der Waals surface area contributed by atoms with Gasteiger partial charge in [0.1, 0.15) is 11.9 Å². The molecule has 0 aliphatic rings. The van der Waals surface area contributed by atoms with Crippen molar-refractivity contribution in [1.29, 1.82) is 0 Å². The molecular formula is C31H38FN3O4S. The minimum absolute atomic E-state index is 0.0271. The molecule has 0 aliphatic carbocycles. The fourth-order valence-corrected chi connectivity index (χ4v) is 5.52. The average Bonchev–Trinajstić information content (AvgIpc) is 2.89. The van der Waals surface area contributed by atoms with Crippen molar-refractivity contribution in [3.8, 4) is 0 Å². The van der Waals surface area contributed by atoms with Gasteiger partial charge in [0, 0.05) is 32.0 Å². The summed E-state index contributed by atoms with van der Waals surface area (Å²) < 4.78 is 39.6.